The molecular weight excluding hydrogens is 352 g/mol. The number of hydrogen-bond donors (Lipinski definition) is 1. The first kappa shape index (κ1) is 18.1. The number of piperazine rings is 1. The molecule has 6 nitrogen and oxygen atoms in total. The maximum absolute atomic E-state index is 13.5. The van der Waals surface area contributed by atoms with E-state index < -0.39 is 6.04 Å². The number of carbonyl (C=O) groups is 2. The van der Waals surface area contributed by atoms with Crippen LogP contribution in [-0.4, -0.2) is 45.8 Å². The normalized spacial score (nSPS) is 16.9. The lowest BCUT2D eigenvalue weighted by atomic mass is 10.0. The number of aryl methyl sites for hydroxylation is 1. The summed E-state index contributed by atoms with van der Waals surface area (Å²) in [4.78, 5) is 36.5. The number of nitrogens with zero attached hydrogens (tertiary/aromatic N) is 3. The predicted octanol–water partition coefficient (Wildman–Crippen LogP) is 2.96. The Morgan fingerprint density at radius 1 is 1.21 bits per heavy atom. The van der Waals surface area contributed by atoms with Crippen LogP contribution in [0.25, 0.3) is 22.3 Å². The highest BCUT2D eigenvalue weighted by molar-refractivity contribution is 6.08. The van der Waals surface area contributed by atoms with Gasteiger partial charge in [0.05, 0.1) is 22.5 Å². The molecule has 0 aliphatic carbocycles. The summed E-state index contributed by atoms with van der Waals surface area (Å²) in [6.07, 6.45) is 2.28. The SMILES string of the molecule is CC[C@H]1C(=O)NCCN1C(=O)c1cc(-c2ccccn2)nc2ccc(C)cc12. The minimum Gasteiger partial charge on any atom is -0.353 e. The van der Waals surface area contributed by atoms with Gasteiger partial charge in [-0.2, -0.15) is 0 Å². The number of pyridine rings is 2. The standard InChI is InChI=1S/C22H22N4O2/c1-3-20-21(27)24-10-11-26(20)22(28)16-13-19(18-6-4-5-9-23-18)25-17-8-7-14(2)12-15(16)17/h4-9,12-13,20H,3,10-11H2,1-2H3,(H,24,27)/t20-/m0/s1. The Kier molecular flexibility index (Phi) is 4.77. The van der Waals surface area contributed by atoms with E-state index in [0.717, 1.165) is 16.5 Å². The topological polar surface area (TPSA) is 75.2 Å². The van der Waals surface area contributed by atoms with Crippen molar-refractivity contribution in [3.8, 4) is 11.4 Å². The summed E-state index contributed by atoms with van der Waals surface area (Å²) in [5, 5.41) is 3.64. The van der Waals surface area contributed by atoms with Crippen LogP contribution in [0.5, 0.6) is 0 Å². The molecule has 1 aromatic carbocycles. The van der Waals surface area contributed by atoms with Crippen molar-refractivity contribution in [3.63, 3.8) is 0 Å². The lowest BCUT2D eigenvalue weighted by molar-refractivity contribution is -0.127. The van der Waals surface area contributed by atoms with Gasteiger partial charge in [-0.3, -0.25) is 14.6 Å². The Morgan fingerprint density at radius 3 is 2.82 bits per heavy atom. The fraction of sp³-hybridized carbons (Fsp3) is 0.273. The summed E-state index contributed by atoms with van der Waals surface area (Å²) >= 11 is 0. The van der Waals surface area contributed by atoms with Crippen LogP contribution in [0.15, 0.2) is 48.7 Å². The monoisotopic (exact) mass is 374 g/mol. The summed E-state index contributed by atoms with van der Waals surface area (Å²) in [5.41, 5.74) is 3.71. The van der Waals surface area contributed by atoms with E-state index in [-0.39, 0.29) is 11.8 Å². The van der Waals surface area contributed by atoms with E-state index >= 15 is 0 Å². The van der Waals surface area contributed by atoms with Gasteiger partial charge in [0.15, 0.2) is 0 Å². The van der Waals surface area contributed by atoms with Crippen molar-refractivity contribution >= 4 is 22.7 Å². The third-order valence-electron chi connectivity index (χ3n) is 5.10. The molecule has 1 fully saturated rings. The van der Waals surface area contributed by atoms with Gasteiger partial charge in [-0.1, -0.05) is 24.6 Å². The van der Waals surface area contributed by atoms with Crippen molar-refractivity contribution in [1.82, 2.24) is 20.2 Å². The number of hydrogen-bond acceptors (Lipinski definition) is 4. The molecule has 1 N–H and O–H groups in total. The number of amides is 2. The first-order valence-corrected chi connectivity index (χ1v) is 9.50. The van der Waals surface area contributed by atoms with Crippen LogP contribution >= 0.6 is 0 Å². The average molecular weight is 374 g/mol. The number of benzene rings is 1. The zero-order valence-electron chi connectivity index (χ0n) is 16.0. The Bertz CT molecular complexity index is 1050. The fourth-order valence-corrected chi connectivity index (χ4v) is 3.68. The maximum Gasteiger partial charge on any atom is 0.255 e. The summed E-state index contributed by atoms with van der Waals surface area (Å²) in [5.74, 6) is -0.238. The molecule has 0 radical (unpaired) electrons. The first-order chi connectivity index (χ1) is 13.6. The molecule has 6 heteroatoms. The molecule has 0 saturated carbocycles. The molecule has 0 spiro atoms. The average Bonchev–Trinajstić information content (AvgIpc) is 2.73. The summed E-state index contributed by atoms with van der Waals surface area (Å²) in [6.45, 7) is 4.88. The van der Waals surface area contributed by atoms with Gasteiger partial charge in [-0.05, 0) is 43.7 Å². The largest absolute Gasteiger partial charge is 0.353 e. The van der Waals surface area contributed by atoms with E-state index in [1.807, 2.05) is 50.2 Å². The minimum absolute atomic E-state index is 0.0957. The van der Waals surface area contributed by atoms with Crippen molar-refractivity contribution < 1.29 is 9.59 Å². The molecule has 28 heavy (non-hydrogen) atoms. The van der Waals surface area contributed by atoms with Crippen molar-refractivity contribution in [2.45, 2.75) is 26.3 Å². The van der Waals surface area contributed by atoms with Crippen molar-refractivity contribution in [3.05, 3.63) is 59.8 Å². The molecule has 0 bridgehead atoms. The molecule has 1 aliphatic heterocycles. The van der Waals surface area contributed by atoms with Gasteiger partial charge in [-0.25, -0.2) is 4.98 Å². The molecule has 3 aromatic rings. The van der Waals surface area contributed by atoms with Crippen LogP contribution in [0.3, 0.4) is 0 Å². The van der Waals surface area contributed by atoms with Crippen LogP contribution in [0.1, 0.15) is 29.3 Å². The molecule has 3 heterocycles. The number of aromatic nitrogens is 2. The van der Waals surface area contributed by atoms with Crippen LogP contribution < -0.4 is 5.32 Å². The summed E-state index contributed by atoms with van der Waals surface area (Å²) in [7, 11) is 0. The zero-order valence-corrected chi connectivity index (χ0v) is 16.0. The van der Waals surface area contributed by atoms with Crippen LogP contribution in [0, 0.1) is 6.92 Å². The summed E-state index contributed by atoms with van der Waals surface area (Å²) < 4.78 is 0. The Hall–Kier alpha value is -3.28. The lowest BCUT2D eigenvalue weighted by Crippen LogP contribution is -2.56. The van der Waals surface area contributed by atoms with Gasteiger partial charge >= 0.3 is 0 Å². The highest BCUT2D eigenvalue weighted by Crippen LogP contribution is 2.27. The van der Waals surface area contributed by atoms with Crippen molar-refractivity contribution in [1.29, 1.82) is 0 Å². The quantitative estimate of drug-likeness (QED) is 0.765. The maximum atomic E-state index is 13.5. The van der Waals surface area contributed by atoms with Gasteiger partial charge < -0.3 is 10.2 Å². The molecule has 1 atom stereocenters. The third kappa shape index (κ3) is 3.22. The second-order valence-electron chi connectivity index (χ2n) is 7.00. The highest BCUT2D eigenvalue weighted by Gasteiger charge is 2.33. The number of fused-ring (bicyclic) bond motifs is 1. The second-order valence-corrected chi connectivity index (χ2v) is 7.00. The smallest absolute Gasteiger partial charge is 0.255 e. The van der Waals surface area contributed by atoms with E-state index in [9.17, 15) is 9.59 Å². The van der Waals surface area contributed by atoms with Crippen LogP contribution in [0.4, 0.5) is 0 Å². The van der Waals surface area contributed by atoms with Gasteiger partial charge in [0.2, 0.25) is 5.91 Å². The molecule has 0 unspecified atom stereocenters. The Balaban J connectivity index is 1.87. The highest BCUT2D eigenvalue weighted by atomic mass is 16.2. The van der Waals surface area contributed by atoms with Gasteiger partial charge in [0, 0.05) is 24.7 Å². The molecule has 4 rings (SSSR count). The number of nitrogens with one attached hydrogen (secondary N) is 1. The predicted molar refractivity (Wildman–Crippen MR) is 108 cm³/mol. The van der Waals surface area contributed by atoms with E-state index in [2.05, 4.69) is 10.3 Å². The van der Waals surface area contributed by atoms with Gasteiger partial charge in [-0.15, -0.1) is 0 Å². The van der Waals surface area contributed by atoms with Gasteiger partial charge in [0.25, 0.3) is 5.91 Å². The molecule has 142 valence electrons. The van der Waals surface area contributed by atoms with E-state index in [1.54, 1.807) is 17.2 Å². The Labute approximate surface area is 163 Å². The number of rotatable bonds is 3. The van der Waals surface area contributed by atoms with Gasteiger partial charge in [0.1, 0.15) is 6.04 Å². The zero-order chi connectivity index (χ0) is 19.7. The minimum atomic E-state index is -0.451. The molecule has 2 amide bonds. The molecule has 1 aliphatic rings. The van der Waals surface area contributed by atoms with E-state index in [1.165, 1.54) is 0 Å². The molecule has 1 saturated heterocycles. The fourth-order valence-electron chi connectivity index (χ4n) is 3.68. The van der Waals surface area contributed by atoms with E-state index in [0.29, 0.717) is 36.5 Å². The second kappa shape index (κ2) is 7.38. The first-order valence-electron chi connectivity index (χ1n) is 9.50. The van der Waals surface area contributed by atoms with E-state index in [4.69, 9.17) is 4.98 Å². The lowest BCUT2D eigenvalue weighted by Gasteiger charge is -2.34. The molecular formula is C22H22N4O2. The Morgan fingerprint density at radius 2 is 2.07 bits per heavy atom. The third-order valence-corrected chi connectivity index (χ3v) is 5.10. The van der Waals surface area contributed by atoms with Crippen molar-refractivity contribution in [2.75, 3.05) is 13.1 Å². The number of carbonyl (C=O) groups excluding carboxylic acids is 2. The van der Waals surface area contributed by atoms with Crippen LogP contribution in [0.2, 0.25) is 0 Å². The van der Waals surface area contributed by atoms with Crippen molar-refractivity contribution in [2.24, 2.45) is 0 Å². The van der Waals surface area contributed by atoms with Crippen LogP contribution in [-0.2, 0) is 4.79 Å². The molecule has 2 aromatic heterocycles. The summed E-state index contributed by atoms with van der Waals surface area (Å²) in [6, 6.07) is 12.8.